The molecule has 3 aromatic rings. The minimum absolute atomic E-state index is 0.231. The summed E-state index contributed by atoms with van der Waals surface area (Å²) < 4.78 is 4.58. The summed E-state index contributed by atoms with van der Waals surface area (Å²) in [6.07, 6.45) is 1.89. The molecule has 0 saturated heterocycles. The summed E-state index contributed by atoms with van der Waals surface area (Å²) in [5.41, 5.74) is 10.7. The van der Waals surface area contributed by atoms with E-state index in [-0.39, 0.29) is 6.04 Å². The predicted molar refractivity (Wildman–Crippen MR) is 101 cm³/mol. The van der Waals surface area contributed by atoms with Gasteiger partial charge < -0.3 is 10.5 Å². The van der Waals surface area contributed by atoms with E-state index in [0.717, 1.165) is 22.4 Å². The predicted octanol–water partition coefficient (Wildman–Crippen LogP) is 3.56. The summed E-state index contributed by atoms with van der Waals surface area (Å²) >= 11 is 0. The second kappa shape index (κ2) is 8.22. The van der Waals surface area contributed by atoms with Crippen LogP contribution in [0.4, 0.5) is 10.5 Å². The Kier molecular flexibility index (Phi) is 5.56. The number of ether oxygens (including phenoxy) is 1. The summed E-state index contributed by atoms with van der Waals surface area (Å²) in [6.45, 7) is 0. The second-order valence-corrected chi connectivity index (χ2v) is 5.86. The Morgan fingerprint density at radius 3 is 2.54 bits per heavy atom. The molecule has 0 aliphatic rings. The van der Waals surface area contributed by atoms with Crippen molar-refractivity contribution in [3.63, 3.8) is 0 Å². The molecule has 3 rings (SSSR count). The lowest BCUT2D eigenvalue weighted by molar-refractivity contribution is 0.187. The zero-order valence-corrected chi connectivity index (χ0v) is 14.4. The third kappa shape index (κ3) is 4.43. The summed E-state index contributed by atoms with van der Waals surface area (Å²) in [5.74, 6) is 0. The Balaban J connectivity index is 1.75. The van der Waals surface area contributed by atoms with Crippen molar-refractivity contribution in [1.82, 2.24) is 10.2 Å². The molecule has 0 radical (unpaired) electrons. The van der Waals surface area contributed by atoms with Crippen molar-refractivity contribution < 1.29 is 9.53 Å². The molecule has 132 valence electrons. The molecule has 1 unspecified atom stereocenters. The monoisotopic (exact) mass is 348 g/mol. The van der Waals surface area contributed by atoms with Gasteiger partial charge in [-0.1, -0.05) is 42.5 Å². The normalized spacial score (nSPS) is 11.6. The van der Waals surface area contributed by atoms with Crippen LogP contribution in [0.15, 0.2) is 66.9 Å². The van der Waals surface area contributed by atoms with Crippen LogP contribution >= 0.6 is 0 Å². The number of hydrogen-bond donors (Lipinski definition) is 2. The maximum atomic E-state index is 11.2. The number of anilines is 1. The number of amides is 1. The van der Waals surface area contributed by atoms with Crippen LogP contribution in [0.1, 0.15) is 17.3 Å². The van der Waals surface area contributed by atoms with Gasteiger partial charge in [-0.15, -0.1) is 0 Å². The van der Waals surface area contributed by atoms with Crippen LogP contribution in [0.5, 0.6) is 0 Å². The van der Waals surface area contributed by atoms with Gasteiger partial charge in [0, 0.05) is 11.3 Å². The summed E-state index contributed by atoms with van der Waals surface area (Å²) in [6, 6.07) is 19.2. The van der Waals surface area contributed by atoms with Gasteiger partial charge in [0.05, 0.1) is 25.0 Å². The van der Waals surface area contributed by atoms with Crippen LogP contribution in [0.25, 0.3) is 11.1 Å². The molecule has 1 atom stereocenters. The first-order valence-electron chi connectivity index (χ1n) is 8.23. The van der Waals surface area contributed by atoms with Gasteiger partial charge in [-0.05, 0) is 35.7 Å². The number of carbonyl (C=O) groups is 1. The van der Waals surface area contributed by atoms with Gasteiger partial charge in [-0.3, -0.25) is 5.32 Å². The Bertz CT molecular complexity index is 866. The van der Waals surface area contributed by atoms with Crippen molar-refractivity contribution in [3.05, 3.63) is 78.1 Å². The molecule has 1 heterocycles. The first-order chi connectivity index (χ1) is 12.7. The van der Waals surface area contributed by atoms with Crippen LogP contribution in [-0.4, -0.2) is 23.4 Å². The zero-order chi connectivity index (χ0) is 18.4. The van der Waals surface area contributed by atoms with E-state index in [1.165, 1.54) is 7.11 Å². The van der Waals surface area contributed by atoms with Crippen molar-refractivity contribution >= 4 is 11.8 Å². The van der Waals surface area contributed by atoms with Gasteiger partial charge in [0.15, 0.2) is 0 Å². The Morgan fingerprint density at radius 2 is 1.85 bits per heavy atom. The highest BCUT2D eigenvalue weighted by molar-refractivity contribution is 5.85. The van der Waals surface area contributed by atoms with E-state index in [4.69, 9.17) is 5.73 Å². The van der Waals surface area contributed by atoms with Crippen molar-refractivity contribution in [3.8, 4) is 11.1 Å². The number of aromatic nitrogens is 2. The molecule has 0 bridgehead atoms. The minimum Gasteiger partial charge on any atom is -0.453 e. The zero-order valence-electron chi connectivity index (χ0n) is 14.4. The number of nitrogens with one attached hydrogen (secondary N) is 1. The average molecular weight is 348 g/mol. The molecule has 0 aliphatic carbocycles. The highest BCUT2D eigenvalue weighted by Gasteiger charge is 2.11. The number of benzene rings is 2. The number of methoxy groups -OCH3 is 1. The highest BCUT2D eigenvalue weighted by atomic mass is 16.5. The van der Waals surface area contributed by atoms with Gasteiger partial charge in [0.2, 0.25) is 0 Å². The highest BCUT2D eigenvalue weighted by Crippen LogP contribution is 2.23. The molecule has 0 fully saturated rings. The second-order valence-electron chi connectivity index (χ2n) is 5.86. The number of nitrogens with two attached hydrogens (primary N) is 1. The summed E-state index contributed by atoms with van der Waals surface area (Å²) in [5, 5.41) is 10.9. The Morgan fingerprint density at radius 1 is 1.12 bits per heavy atom. The van der Waals surface area contributed by atoms with Crippen LogP contribution in [0.2, 0.25) is 0 Å². The first-order valence-corrected chi connectivity index (χ1v) is 8.23. The number of rotatable bonds is 5. The molecule has 6 nitrogen and oxygen atoms in total. The average Bonchev–Trinajstić information content (AvgIpc) is 2.69. The van der Waals surface area contributed by atoms with Crippen LogP contribution in [0.3, 0.4) is 0 Å². The van der Waals surface area contributed by atoms with E-state index in [9.17, 15) is 4.79 Å². The molecule has 0 aliphatic heterocycles. The number of nitrogens with zero attached hydrogens (tertiary/aromatic N) is 2. The van der Waals surface area contributed by atoms with Crippen molar-refractivity contribution in [1.29, 1.82) is 0 Å². The van der Waals surface area contributed by atoms with Crippen LogP contribution in [-0.2, 0) is 11.2 Å². The van der Waals surface area contributed by atoms with Crippen molar-refractivity contribution in [2.75, 3.05) is 12.4 Å². The van der Waals surface area contributed by atoms with E-state index in [1.54, 1.807) is 18.3 Å². The molecule has 2 aromatic carbocycles. The van der Waals surface area contributed by atoms with E-state index in [1.807, 2.05) is 48.5 Å². The lowest BCUT2D eigenvalue weighted by Crippen LogP contribution is -2.15. The topological polar surface area (TPSA) is 90.1 Å². The largest absolute Gasteiger partial charge is 0.453 e. The molecule has 3 N–H and O–H groups in total. The van der Waals surface area contributed by atoms with Gasteiger partial charge in [-0.25, -0.2) is 4.79 Å². The summed E-state index contributed by atoms with van der Waals surface area (Å²) in [4.78, 5) is 11.2. The van der Waals surface area contributed by atoms with E-state index < -0.39 is 6.09 Å². The van der Waals surface area contributed by atoms with E-state index in [0.29, 0.717) is 12.1 Å². The molecule has 0 spiro atoms. The fourth-order valence-corrected chi connectivity index (χ4v) is 2.61. The molecule has 1 aromatic heterocycles. The Hall–Kier alpha value is -3.25. The van der Waals surface area contributed by atoms with Gasteiger partial charge in [-0.2, -0.15) is 10.2 Å². The fourth-order valence-electron chi connectivity index (χ4n) is 2.61. The third-order valence-corrected chi connectivity index (χ3v) is 4.00. The lowest BCUT2D eigenvalue weighted by Gasteiger charge is -2.12. The van der Waals surface area contributed by atoms with Gasteiger partial charge >= 0.3 is 6.09 Å². The molecule has 0 saturated carbocycles. The van der Waals surface area contributed by atoms with Gasteiger partial charge in [0.25, 0.3) is 0 Å². The van der Waals surface area contributed by atoms with Crippen molar-refractivity contribution in [2.24, 2.45) is 5.73 Å². The molecule has 6 heteroatoms. The number of carbonyl (C=O) groups excluding carboxylic acids is 1. The standard InChI is InChI=1S/C20H20N4O2/c1-26-20(25)23-17-9-7-15(8-10-17)16-12-19(24-22-13-16)18(21)11-14-5-3-2-4-6-14/h2-10,12-13,18H,11,21H2,1H3,(H,23,25). The van der Waals surface area contributed by atoms with Crippen LogP contribution in [0, 0.1) is 0 Å². The van der Waals surface area contributed by atoms with Crippen molar-refractivity contribution in [2.45, 2.75) is 12.5 Å². The SMILES string of the molecule is COC(=O)Nc1ccc(-c2cnnc(C(N)Cc3ccccc3)c2)cc1. The van der Waals surface area contributed by atoms with Crippen LogP contribution < -0.4 is 11.1 Å². The van der Waals surface area contributed by atoms with Gasteiger partial charge in [0.1, 0.15) is 0 Å². The van der Waals surface area contributed by atoms with E-state index in [2.05, 4.69) is 20.3 Å². The number of hydrogen-bond acceptors (Lipinski definition) is 5. The minimum atomic E-state index is -0.502. The summed E-state index contributed by atoms with van der Waals surface area (Å²) in [7, 11) is 1.33. The first kappa shape index (κ1) is 17.6. The molecule has 1 amide bonds. The Labute approximate surface area is 152 Å². The lowest BCUT2D eigenvalue weighted by atomic mass is 10.0. The maximum absolute atomic E-state index is 11.2. The molecular weight excluding hydrogens is 328 g/mol. The third-order valence-electron chi connectivity index (χ3n) is 4.00. The quantitative estimate of drug-likeness (QED) is 0.736. The smallest absolute Gasteiger partial charge is 0.411 e. The molecule has 26 heavy (non-hydrogen) atoms. The fraction of sp³-hybridized carbons (Fsp3) is 0.150. The molecular formula is C20H20N4O2. The van der Waals surface area contributed by atoms with E-state index >= 15 is 0 Å². The maximum Gasteiger partial charge on any atom is 0.411 e.